The molecule has 0 unspecified atom stereocenters. The van der Waals surface area contributed by atoms with Crippen molar-refractivity contribution in [3.05, 3.63) is 34.4 Å². The zero-order valence-electron chi connectivity index (χ0n) is 14.6. The molecule has 0 aliphatic heterocycles. The highest BCUT2D eigenvalue weighted by Crippen LogP contribution is 2.27. The van der Waals surface area contributed by atoms with Crippen molar-refractivity contribution in [3.8, 4) is 0 Å². The molecule has 0 bridgehead atoms. The summed E-state index contributed by atoms with van der Waals surface area (Å²) >= 11 is 0. The summed E-state index contributed by atoms with van der Waals surface area (Å²) in [6.07, 6.45) is 7.17. The number of benzene rings is 1. The van der Waals surface area contributed by atoms with Gasteiger partial charge in [-0.05, 0) is 48.8 Å². The lowest BCUT2D eigenvalue weighted by Gasteiger charge is -2.20. The van der Waals surface area contributed by atoms with E-state index in [0.717, 1.165) is 50.5 Å². The van der Waals surface area contributed by atoms with Gasteiger partial charge in [-0.25, -0.2) is 0 Å². The third-order valence-corrected chi connectivity index (χ3v) is 4.42. The van der Waals surface area contributed by atoms with E-state index < -0.39 is 0 Å². The molecule has 0 spiro atoms. The quantitative estimate of drug-likeness (QED) is 0.527. The highest BCUT2D eigenvalue weighted by atomic mass is 16.1. The third kappa shape index (κ3) is 4.43. The van der Waals surface area contributed by atoms with Crippen molar-refractivity contribution in [2.45, 2.75) is 79.6 Å². The van der Waals surface area contributed by atoms with Crippen LogP contribution in [0.4, 0.5) is 0 Å². The number of hydrogen-bond acceptors (Lipinski definition) is 1. The van der Waals surface area contributed by atoms with Gasteiger partial charge in [-0.1, -0.05) is 59.6 Å². The Morgan fingerprint density at radius 1 is 0.857 bits per heavy atom. The second-order valence-corrected chi connectivity index (χ2v) is 5.99. The van der Waals surface area contributed by atoms with Gasteiger partial charge in [0.2, 0.25) is 0 Å². The highest BCUT2D eigenvalue weighted by Gasteiger charge is 2.23. The van der Waals surface area contributed by atoms with Crippen molar-refractivity contribution < 1.29 is 4.79 Å². The molecule has 0 heterocycles. The lowest BCUT2D eigenvalue weighted by molar-refractivity contribution is 0.0903. The standard InChI is InChI=1S/C20H32O/c1-6-11-18(12-7-2)20(21)19-16(9-4)13-15(8-3)14-17(19)10-5/h13-14,18H,6-12H2,1-5H3. The molecule has 0 radical (unpaired) electrons. The highest BCUT2D eigenvalue weighted by molar-refractivity contribution is 6.00. The summed E-state index contributed by atoms with van der Waals surface area (Å²) in [5.41, 5.74) is 4.92. The van der Waals surface area contributed by atoms with E-state index in [0.29, 0.717) is 5.78 Å². The fourth-order valence-electron chi connectivity index (χ4n) is 3.23. The van der Waals surface area contributed by atoms with E-state index >= 15 is 0 Å². The van der Waals surface area contributed by atoms with Gasteiger partial charge in [0.1, 0.15) is 0 Å². The maximum Gasteiger partial charge on any atom is 0.166 e. The third-order valence-electron chi connectivity index (χ3n) is 4.42. The van der Waals surface area contributed by atoms with Crippen molar-refractivity contribution in [3.63, 3.8) is 0 Å². The van der Waals surface area contributed by atoms with E-state index in [9.17, 15) is 4.79 Å². The molecule has 118 valence electrons. The van der Waals surface area contributed by atoms with Crippen molar-refractivity contribution in [1.82, 2.24) is 0 Å². The van der Waals surface area contributed by atoms with Crippen LogP contribution in [0.25, 0.3) is 0 Å². The van der Waals surface area contributed by atoms with E-state index in [1.54, 1.807) is 0 Å². The molecule has 0 atom stereocenters. The molecule has 0 fully saturated rings. The Morgan fingerprint density at radius 3 is 1.67 bits per heavy atom. The summed E-state index contributed by atoms with van der Waals surface area (Å²) in [5, 5.41) is 0. The fraction of sp³-hybridized carbons (Fsp3) is 0.650. The van der Waals surface area contributed by atoms with Crippen LogP contribution in [0.1, 0.15) is 87.4 Å². The van der Waals surface area contributed by atoms with Gasteiger partial charge in [-0.15, -0.1) is 0 Å². The van der Waals surface area contributed by atoms with Crippen molar-refractivity contribution in [2.24, 2.45) is 5.92 Å². The first-order valence-electron chi connectivity index (χ1n) is 8.81. The van der Waals surface area contributed by atoms with Crippen LogP contribution in [0.5, 0.6) is 0 Å². The molecule has 0 saturated heterocycles. The monoisotopic (exact) mass is 288 g/mol. The van der Waals surface area contributed by atoms with Gasteiger partial charge in [0, 0.05) is 11.5 Å². The Morgan fingerprint density at radius 2 is 1.33 bits per heavy atom. The average Bonchev–Trinajstić information content (AvgIpc) is 2.52. The second kappa shape index (κ2) is 9.02. The molecule has 1 aromatic carbocycles. The smallest absolute Gasteiger partial charge is 0.166 e. The Labute approximate surface area is 131 Å². The first-order valence-corrected chi connectivity index (χ1v) is 8.81. The number of ketones is 1. The Balaban J connectivity index is 3.28. The van der Waals surface area contributed by atoms with Gasteiger partial charge in [0.15, 0.2) is 5.78 Å². The van der Waals surface area contributed by atoms with E-state index in [2.05, 4.69) is 46.8 Å². The number of hydrogen-bond donors (Lipinski definition) is 0. The van der Waals surface area contributed by atoms with Crippen LogP contribution < -0.4 is 0 Å². The Bertz CT molecular complexity index is 428. The minimum absolute atomic E-state index is 0.211. The van der Waals surface area contributed by atoms with Gasteiger partial charge >= 0.3 is 0 Å². The maximum absolute atomic E-state index is 13.1. The van der Waals surface area contributed by atoms with Crippen molar-refractivity contribution >= 4 is 5.78 Å². The first-order chi connectivity index (χ1) is 10.1. The zero-order chi connectivity index (χ0) is 15.8. The van der Waals surface area contributed by atoms with Crippen LogP contribution >= 0.6 is 0 Å². The number of rotatable bonds is 9. The van der Waals surface area contributed by atoms with Crippen LogP contribution in [0.15, 0.2) is 12.1 Å². The summed E-state index contributed by atoms with van der Waals surface area (Å²) in [6.45, 7) is 10.9. The SMILES string of the molecule is CCCC(CCC)C(=O)c1c(CC)cc(CC)cc1CC. The van der Waals surface area contributed by atoms with E-state index in [-0.39, 0.29) is 5.92 Å². The molecule has 1 nitrogen and oxygen atoms in total. The van der Waals surface area contributed by atoms with Crippen LogP contribution in [-0.2, 0) is 19.3 Å². The van der Waals surface area contributed by atoms with Crippen LogP contribution in [0.2, 0.25) is 0 Å². The predicted octanol–water partition coefficient (Wildman–Crippen LogP) is 5.77. The van der Waals surface area contributed by atoms with Gasteiger partial charge in [0.05, 0.1) is 0 Å². The van der Waals surface area contributed by atoms with Crippen LogP contribution in [0.3, 0.4) is 0 Å². The second-order valence-electron chi connectivity index (χ2n) is 5.99. The van der Waals surface area contributed by atoms with E-state index in [4.69, 9.17) is 0 Å². The zero-order valence-corrected chi connectivity index (χ0v) is 14.6. The Hall–Kier alpha value is -1.11. The summed E-state index contributed by atoms with van der Waals surface area (Å²) < 4.78 is 0. The molecule has 1 aromatic rings. The van der Waals surface area contributed by atoms with Gasteiger partial charge in [-0.2, -0.15) is 0 Å². The van der Waals surface area contributed by atoms with Gasteiger partial charge < -0.3 is 0 Å². The average molecular weight is 288 g/mol. The van der Waals surface area contributed by atoms with Crippen LogP contribution in [0, 0.1) is 5.92 Å². The molecular formula is C20H32O. The molecule has 0 aliphatic carbocycles. The summed E-state index contributed by atoms with van der Waals surface area (Å²) in [6, 6.07) is 4.50. The van der Waals surface area contributed by atoms with E-state index in [1.165, 1.54) is 16.7 Å². The lowest BCUT2D eigenvalue weighted by Crippen LogP contribution is -2.19. The minimum Gasteiger partial charge on any atom is -0.294 e. The Kier molecular flexibility index (Phi) is 7.71. The molecular weight excluding hydrogens is 256 g/mol. The largest absolute Gasteiger partial charge is 0.294 e. The number of Topliss-reactive ketones (excluding diaryl/α,β-unsaturated/α-hetero) is 1. The molecule has 0 aliphatic rings. The normalized spacial score (nSPS) is 11.1. The topological polar surface area (TPSA) is 17.1 Å². The predicted molar refractivity (Wildman–Crippen MR) is 92.2 cm³/mol. The first kappa shape index (κ1) is 17.9. The minimum atomic E-state index is 0.211. The molecule has 1 rings (SSSR count). The number of carbonyl (C=O) groups is 1. The number of carbonyl (C=O) groups excluding carboxylic acids is 1. The van der Waals surface area contributed by atoms with Crippen molar-refractivity contribution in [2.75, 3.05) is 0 Å². The van der Waals surface area contributed by atoms with Crippen molar-refractivity contribution in [1.29, 1.82) is 0 Å². The summed E-state index contributed by atoms with van der Waals surface area (Å²) in [4.78, 5) is 13.1. The number of aryl methyl sites for hydroxylation is 3. The summed E-state index contributed by atoms with van der Waals surface area (Å²) in [7, 11) is 0. The summed E-state index contributed by atoms with van der Waals surface area (Å²) in [5.74, 6) is 0.609. The maximum atomic E-state index is 13.1. The van der Waals surface area contributed by atoms with Gasteiger partial charge in [-0.3, -0.25) is 4.79 Å². The lowest BCUT2D eigenvalue weighted by atomic mass is 9.83. The molecule has 21 heavy (non-hydrogen) atoms. The van der Waals surface area contributed by atoms with E-state index in [1.807, 2.05) is 0 Å². The fourth-order valence-corrected chi connectivity index (χ4v) is 3.23. The molecule has 0 aromatic heterocycles. The molecule has 0 saturated carbocycles. The molecule has 1 heteroatoms. The van der Waals surface area contributed by atoms with Gasteiger partial charge in [0.25, 0.3) is 0 Å². The molecule has 0 N–H and O–H groups in total. The van der Waals surface area contributed by atoms with Crippen LogP contribution in [-0.4, -0.2) is 5.78 Å². The molecule has 0 amide bonds.